The van der Waals surface area contributed by atoms with Gasteiger partial charge in [0.2, 0.25) is 0 Å². The summed E-state index contributed by atoms with van der Waals surface area (Å²) < 4.78 is 42.6. The molecule has 1 atom stereocenters. The molecule has 1 amide bonds. The second-order valence-electron chi connectivity index (χ2n) is 4.95. The van der Waals surface area contributed by atoms with Crippen LogP contribution in [-0.2, 0) is 15.7 Å². The molecule has 2 aromatic rings. The van der Waals surface area contributed by atoms with Crippen molar-refractivity contribution in [2.24, 2.45) is 0 Å². The van der Waals surface area contributed by atoms with E-state index in [1.54, 1.807) is 18.2 Å². The standard InChI is InChI=1S/C16H12ClF3N2O3/c1-9(25-15(24)10-5-3-2-4-6-10)14(23)22-13-12(17)7-11(8-21-13)16(18,19)20/h2-9H,1H3,(H,21,22,23). The molecule has 0 radical (unpaired) electrons. The molecular formula is C16H12ClF3N2O3. The van der Waals surface area contributed by atoms with Crippen molar-refractivity contribution in [3.8, 4) is 0 Å². The topological polar surface area (TPSA) is 68.3 Å². The summed E-state index contributed by atoms with van der Waals surface area (Å²) in [5.41, 5.74) is -0.785. The van der Waals surface area contributed by atoms with Gasteiger partial charge in [0.25, 0.3) is 5.91 Å². The van der Waals surface area contributed by atoms with Crippen LogP contribution in [0.25, 0.3) is 0 Å². The van der Waals surface area contributed by atoms with Gasteiger partial charge in [-0.25, -0.2) is 9.78 Å². The molecule has 0 saturated carbocycles. The second kappa shape index (κ2) is 7.52. The Morgan fingerprint density at radius 1 is 1.24 bits per heavy atom. The van der Waals surface area contributed by atoms with Crippen LogP contribution in [-0.4, -0.2) is 23.0 Å². The number of anilines is 1. The third-order valence-electron chi connectivity index (χ3n) is 3.07. The van der Waals surface area contributed by atoms with Gasteiger partial charge in [-0.2, -0.15) is 13.2 Å². The first kappa shape index (κ1) is 18.7. The van der Waals surface area contributed by atoms with Gasteiger partial charge < -0.3 is 10.1 Å². The van der Waals surface area contributed by atoms with Gasteiger partial charge in [0, 0.05) is 6.20 Å². The molecule has 2 rings (SSSR count). The van der Waals surface area contributed by atoms with Gasteiger partial charge >= 0.3 is 12.1 Å². The quantitative estimate of drug-likeness (QED) is 0.825. The van der Waals surface area contributed by atoms with Gasteiger partial charge in [0.05, 0.1) is 16.1 Å². The van der Waals surface area contributed by atoms with E-state index in [1.807, 2.05) is 0 Å². The average Bonchev–Trinajstić information content (AvgIpc) is 2.56. The Morgan fingerprint density at radius 2 is 1.88 bits per heavy atom. The second-order valence-corrected chi connectivity index (χ2v) is 5.36. The van der Waals surface area contributed by atoms with Crippen molar-refractivity contribution in [2.45, 2.75) is 19.2 Å². The summed E-state index contributed by atoms with van der Waals surface area (Å²) in [5, 5.41) is 1.83. The maximum absolute atomic E-state index is 12.6. The van der Waals surface area contributed by atoms with Crippen molar-refractivity contribution in [2.75, 3.05) is 5.32 Å². The predicted molar refractivity (Wildman–Crippen MR) is 84.2 cm³/mol. The summed E-state index contributed by atoms with van der Waals surface area (Å²) in [6.45, 7) is 1.31. The van der Waals surface area contributed by atoms with Crippen LogP contribution in [0.5, 0.6) is 0 Å². The zero-order chi connectivity index (χ0) is 18.6. The van der Waals surface area contributed by atoms with Gasteiger partial charge in [0.1, 0.15) is 0 Å². The number of ether oxygens (including phenoxy) is 1. The number of hydrogen-bond donors (Lipinski definition) is 1. The maximum Gasteiger partial charge on any atom is 0.417 e. The Kier molecular flexibility index (Phi) is 5.63. The Morgan fingerprint density at radius 3 is 2.44 bits per heavy atom. The van der Waals surface area contributed by atoms with Gasteiger partial charge in [-0.15, -0.1) is 0 Å². The van der Waals surface area contributed by atoms with E-state index in [1.165, 1.54) is 19.1 Å². The SMILES string of the molecule is CC(OC(=O)c1ccccc1)C(=O)Nc1ncc(C(F)(F)F)cc1Cl. The molecule has 0 saturated heterocycles. The van der Waals surface area contributed by atoms with Crippen LogP contribution in [0.4, 0.5) is 19.0 Å². The Hall–Kier alpha value is -2.61. The number of nitrogens with one attached hydrogen (secondary N) is 1. The van der Waals surface area contributed by atoms with Crippen LogP contribution in [0.3, 0.4) is 0 Å². The van der Waals surface area contributed by atoms with E-state index >= 15 is 0 Å². The average molecular weight is 373 g/mol. The number of halogens is 4. The molecule has 0 fully saturated rings. The fourth-order valence-corrected chi connectivity index (χ4v) is 1.97. The molecule has 1 aromatic carbocycles. The predicted octanol–water partition coefficient (Wildman–Crippen LogP) is 3.94. The van der Waals surface area contributed by atoms with Gasteiger partial charge in [-0.1, -0.05) is 29.8 Å². The van der Waals surface area contributed by atoms with Crippen molar-refractivity contribution < 1.29 is 27.5 Å². The number of benzene rings is 1. The van der Waals surface area contributed by atoms with Crippen molar-refractivity contribution in [1.82, 2.24) is 4.98 Å². The Bertz CT molecular complexity index is 782. The largest absolute Gasteiger partial charge is 0.449 e. The summed E-state index contributed by atoms with van der Waals surface area (Å²) in [6, 6.07) is 8.65. The van der Waals surface area contributed by atoms with E-state index in [0.29, 0.717) is 12.3 Å². The molecular weight excluding hydrogens is 361 g/mol. The highest BCUT2D eigenvalue weighted by molar-refractivity contribution is 6.33. The minimum Gasteiger partial charge on any atom is -0.449 e. The fraction of sp³-hybridized carbons (Fsp3) is 0.188. The Labute approximate surface area is 145 Å². The van der Waals surface area contributed by atoms with Gasteiger partial charge in [-0.05, 0) is 25.1 Å². The summed E-state index contributed by atoms with van der Waals surface area (Å²) >= 11 is 5.70. The fourth-order valence-electron chi connectivity index (χ4n) is 1.76. The highest BCUT2D eigenvalue weighted by Gasteiger charge is 2.32. The molecule has 1 heterocycles. The first-order valence-electron chi connectivity index (χ1n) is 6.98. The van der Waals surface area contributed by atoms with Crippen molar-refractivity contribution in [3.63, 3.8) is 0 Å². The van der Waals surface area contributed by atoms with E-state index in [4.69, 9.17) is 16.3 Å². The smallest absolute Gasteiger partial charge is 0.417 e. The van der Waals surface area contributed by atoms with E-state index in [-0.39, 0.29) is 16.4 Å². The number of carbonyl (C=O) groups excluding carboxylic acids is 2. The molecule has 1 N–H and O–H groups in total. The first-order chi connectivity index (χ1) is 11.7. The van der Waals surface area contributed by atoms with Crippen LogP contribution in [0.15, 0.2) is 42.6 Å². The molecule has 9 heteroatoms. The third-order valence-corrected chi connectivity index (χ3v) is 3.36. The van der Waals surface area contributed by atoms with E-state index in [2.05, 4.69) is 10.3 Å². The van der Waals surface area contributed by atoms with Gasteiger partial charge in [-0.3, -0.25) is 4.79 Å². The number of amides is 1. The number of carbonyl (C=O) groups is 2. The molecule has 132 valence electrons. The zero-order valence-corrected chi connectivity index (χ0v) is 13.6. The Balaban J connectivity index is 2.03. The molecule has 5 nitrogen and oxygen atoms in total. The van der Waals surface area contributed by atoms with E-state index in [0.717, 1.165) is 0 Å². The number of pyridine rings is 1. The van der Waals surface area contributed by atoms with E-state index in [9.17, 15) is 22.8 Å². The maximum atomic E-state index is 12.6. The lowest BCUT2D eigenvalue weighted by Gasteiger charge is -2.14. The molecule has 0 aliphatic carbocycles. The van der Waals surface area contributed by atoms with Gasteiger partial charge in [0.15, 0.2) is 11.9 Å². The lowest BCUT2D eigenvalue weighted by atomic mass is 10.2. The number of rotatable bonds is 4. The monoisotopic (exact) mass is 372 g/mol. The number of aromatic nitrogens is 1. The summed E-state index contributed by atoms with van der Waals surface area (Å²) in [4.78, 5) is 27.3. The van der Waals surface area contributed by atoms with Crippen molar-refractivity contribution in [1.29, 1.82) is 0 Å². The number of esters is 1. The summed E-state index contributed by atoms with van der Waals surface area (Å²) in [5.74, 6) is -1.75. The minimum atomic E-state index is -4.60. The molecule has 1 unspecified atom stereocenters. The number of nitrogens with zero attached hydrogens (tertiary/aromatic N) is 1. The molecule has 0 aliphatic rings. The highest BCUT2D eigenvalue weighted by Crippen LogP contribution is 2.32. The molecule has 0 bridgehead atoms. The summed E-state index contributed by atoms with van der Waals surface area (Å²) in [7, 11) is 0. The number of alkyl halides is 3. The lowest BCUT2D eigenvalue weighted by Crippen LogP contribution is -2.30. The molecule has 0 spiro atoms. The van der Waals surface area contributed by atoms with Crippen molar-refractivity contribution in [3.05, 3.63) is 58.7 Å². The van der Waals surface area contributed by atoms with Crippen LogP contribution in [0, 0.1) is 0 Å². The molecule has 25 heavy (non-hydrogen) atoms. The van der Waals surface area contributed by atoms with Crippen molar-refractivity contribution >= 4 is 29.3 Å². The highest BCUT2D eigenvalue weighted by atomic mass is 35.5. The minimum absolute atomic E-state index is 0.257. The van der Waals surface area contributed by atoms with Crippen LogP contribution in [0.1, 0.15) is 22.8 Å². The number of hydrogen-bond acceptors (Lipinski definition) is 4. The molecule has 1 aromatic heterocycles. The van der Waals surface area contributed by atoms with E-state index < -0.39 is 29.7 Å². The molecule has 0 aliphatic heterocycles. The lowest BCUT2D eigenvalue weighted by molar-refractivity contribution is -0.137. The zero-order valence-electron chi connectivity index (χ0n) is 12.8. The van der Waals surface area contributed by atoms with Crippen LogP contribution in [0.2, 0.25) is 5.02 Å². The normalized spacial score (nSPS) is 12.4. The summed E-state index contributed by atoms with van der Waals surface area (Å²) in [6.07, 6.45) is -5.26. The van der Waals surface area contributed by atoms with Crippen LogP contribution < -0.4 is 5.32 Å². The first-order valence-corrected chi connectivity index (χ1v) is 7.36. The third kappa shape index (κ3) is 4.93. The van der Waals surface area contributed by atoms with Crippen LogP contribution >= 0.6 is 11.6 Å².